The van der Waals surface area contributed by atoms with E-state index in [2.05, 4.69) is 6.92 Å². The predicted molar refractivity (Wildman–Crippen MR) is 102 cm³/mol. The fourth-order valence-electron chi connectivity index (χ4n) is 4.81. The van der Waals surface area contributed by atoms with Crippen molar-refractivity contribution in [2.24, 2.45) is 17.8 Å². The highest BCUT2D eigenvalue weighted by molar-refractivity contribution is 5.88. The van der Waals surface area contributed by atoms with Gasteiger partial charge in [-0.15, -0.1) is 0 Å². The topological polar surface area (TPSA) is 46.5 Å². The second-order valence-corrected chi connectivity index (χ2v) is 8.19. The lowest BCUT2D eigenvalue weighted by molar-refractivity contribution is -0.146. The van der Waals surface area contributed by atoms with Crippen LogP contribution in [0.5, 0.6) is 0 Å². The van der Waals surface area contributed by atoms with Gasteiger partial charge >= 0.3 is 5.97 Å². The van der Waals surface area contributed by atoms with E-state index in [0.717, 1.165) is 30.6 Å². The van der Waals surface area contributed by atoms with Crippen LogP contribution in [0.3, 0.4) is 0 Å². The molecule has 2 aliphatic carbocycles. The molecule has 2 saturated carbocycles. The Morgan fingerprint density at radius 1 is 1.00 bits per heavy atom. The summed E-state index contributed by atoms with van der Waals surface area (Å²) in [5.41, 5.74) is 0.378. The number of rotatable bonds is 8. The molecule has 25 heavy (non-hydrogen) atoms. The number of unbranched alkanes of at least 4 members (excludes halogenated alkanes) is 2. The smallest absolute Gasteiger partial charge is 0.336 e. The van der Waals surface area contributed by atoms with Crippen LogP contribution in [0.2, 0.25) is 0 Å². The van der Waals surface area contributed by atoms with Gasteiger partial charge < -0.3 is 9.84 Å². The lowest BCUT2D eigenvalue weighted by Gasteiger charge is -2.37. The standard InChI is InChI=1S/C22H38O3/c1-3-5-6-7-17-8-10-19(11-9-17)20-12-14-21(15-13-20)25-22(24)18(4-2)16-23/h4,17,19-21,23H,3,5-16H2,1-2H3/b18-4+. The minimum absolute atomic E-state index is 0.0515. The van der Waals surface area contributed by atoms with E-state index in [1.807, 2.05) is 0 Å². The van der Waals surface area contributed by atoms with Gasteiger partial charge in [-0.2, -0.15) is 0 Å². The molecule has 3 nitrogen and oxygen atoms in total. The largest absolute Gasteiger partial charge is 0.459 e. The van der Waals surface area contributed by atoms with Gasteiger partial charge in [0.2, 0.25) is 0 Å². The Kier molecular flexibility index (Phi) is 9.02. The average Bonchev–Trinajstić information content (AvgIpc) is 2.64. The van der Waals surface area contributed by atoms with Crippen molar-refractivity contribution in [3.8, 4) is 0 Å². The van der Waals surface area contributed by atoms with Crippen LogP contribution in [0.1, 0.15) is 90.9 Å². The van der Waals surface area contributed by atoms with Crippen LogP contribution in [0, 0.1) is 17.8 Å². The summed E-state index contributed by atoms with van der Waals surface area (Å²) in [7, 11) is 0. The van der Waals surface area contributed by atoms with E-state index in [4.69, 9.17) is 9.84 Å². The summed E-state index contributed by atoms with van der Waals surface area (Å²) in [6.07, 6.45) is 17.4. The molecule has 2 fully saturated rings. The summed E-state index contributed by atoms with van der Waals surface area (Å²) >= 11 is 0. The predicted octanol–water partition coefficient (Wildman–Crippen LogP) is 5.41. The number of aliphatic hydroxyl groups is 1. The highest BCUT2D eigenvalue weighted by atomic mass is 16.5. The summed E-state index contributed by atoms with van der Waals surface area (Å²) in [6, 6.07) is 0. The Morgan fingerprint density at radius 3 is 2.12 bits per heavy atom. The van der Waals surface area contributed by atoms with Gasteiger partial charge in [-0.25, -0.2) is 4.79 Å². The zero-order valence-corrected chi connectivity index (χ0v) is 16.3. The van der Waals surface area contributed by atoms with Crippen LogP contribution in [0.15, 0.2) is 11.6 Å². The molecule has 2 aliphatic rings. The van der Waals surface area contributed by atoms with Crippen LogP contribution in [-0.2, 0) is 9.53 Å². The van der Waals surface area contributed by atoms with Gasteiger partial charge in [0.1, 0.15) is 6.10 Å². The van der Waals surface area contributed by atoms with Crippen LogP contribution in [0.4, 0.5) is 0 Å². The molecule has 2 rings (SSSR count). The van der Waals surface area contributed by atoms with Crippen molar-refractivity contribution in [2.45, 2.75) is 97.0 Å². The molecule has 0 aromatic heterocycles. The van der Waals surface area contributed by atoms with Gasteiger partial charge in [0.25, 0.3) is 0 Å². The van der Waals surface area contributed by atoms with Crippen molar-refractivity contribution in [3.05, 3.63) is 11.6 Å². The molecular weight excluding hydrogens is 312 g/mol. The molecule has 0 radical (unpaired) electrons. The molecule has 0 bridgehead atoms. The highest BCUT2D eigenvalue weighted by Gasteiger charge is 2.32. The first kappa shape index (κ1) is 20.5. The molecule has 0 heterocycles. The van der Waals surface area contributed by atoms with Crippen LogP contribution in [0.25, 0.3) is 0 Å². The number of aliphatic hydroxyl groups excluding tert-OH is 1. The molecule has 0 amide bonds. The molecule has 0 aliphatic heterocycles. The van der Waals surface area contributed by atoms with Crippen molar-refractivity contribution in [2.75, 3.05) is 6.61 Å². The van der Waals surface area contributed by atoms with Crippen LogP contribution in [-0.4, -0.2) is 23.8 Å². The maximum absolute atomic E-state index is 12.0. The first-order chi connectivity index (χ1) is 12.2. The number of hydrogen-bond acceptors (Lipinski definition) is 3. The second-order valence-electron chi connectivity index (χ2n) is 8.19. The zero-order valence-electron chi connectivity index (χ0n) is 16.3. The lowest BCUT2D eigenvalue weighted by atomic mass is 9.70. The number of allylic oxidation sites excluding steroid dienone is 1. The SMILES string of the molecule is C/C=C(\CO)C(=O)OC1CCC(C2CCC(CCCCC)CC2)CC1. The lowest BCUT2D eigenvalue weighted by Crippen LogP contribution is -2.30. The third-order valence-corrected chi connectivity index (χ3v) is 6.55. The fourth-order valence-corrected chi connectivity index (χ4v) is 4.81. The Bertz CT molecular complexity index is 413. The minimum Gasteiger partial charge on any atom is -0.459 e. The van der Waals surface area contributed by atoms with Crippen molar-refractivity contribution < 1.29 is 14.6 Å². The molecule has 0 spiro atoms. The maximum Gasteiger partial charge on any atom is 0.336 e. The highest BCUT2D eigenvalue weighted by Crippen LogP contribution is 2.41. The van der Waals surface area contributed by atoms with E-state index in [9.17, 15) is 4.79 Å². The molecule has 0 aromatic rings. The molecule has 1 N–H and O–H groups in total. The molecule has 3 heteroatoms. The molecule has 0 saturated heterocycles. The normalized spacial score (nSPS) is 30.9. The molecular formula is C22H38O3. The molecule has 144 valence electrons. The van der Waals surface area contributed by atoms with Gasteiger partial charge in [-0.05, 0) is 63.2 Å². The summed E-state index contributed by atoms with van der Waals surface area (Å²) in [4.78, 5) is 12.0. The van der Waals surface area contributed by atoms with Crippen LogP contribution >= 0.6 is 0 Å². The summed E-state index contributed by atoms with van der Waals surface area (Å²) < 4.78 is 5.58. The van der Waals surface area contributed by atoms with E-state index in [-0.39, 0.29) is 18.7 Å². The minimum atomic E-state index is -0.332. The van der Waals surface area contributed by atoms with E-state index in [1.165, 1.54) is 64.2 Å². The maximum atomic E-state index is 12.0. The number of carbonyl (C=O) groups excluding carboxylic acids is 1. The van der Waals surface area contributed by atoms with E-state index >= 15 is 0 Å². The summed E-state index contributed by atoms with van der Waals surface area (Å²) in [5, 5.41) is 9.16. The number of carbonyl (C=O) groups is 1. The van der Waals surface area contributed by atoms with Gasteiger partial charge in [0.05, 0.1) is 12.2 Å². The zero-order chi connectivity index (χ0) is 18.1. The van der Waals surface area contributed by atoms with E-state index in [0.29, 0.717) is 5.57 Å². The van der Waals surface area contributed by atoms with Crippen molar-refractivity contribution in [1.82, 2.24) is 0 Å². The van der Waals surface area contributed by atoms with E-state index < -0.39 is 0 Å². The third kappa shape index (κ3) is 6.44. The molecule has 0 unspecified atom stereocenters. The summed E-state index contributed by atoms with van der Waals surface area (Å²) in [6.45, 7) is 3.82. The van der Waals surface area contributed by atoms with Gasteiger partial charge in [0, 0.05) is 0 Å². The quantitative estimate of drug-likeness (QED) is 0.361. The number of esters is 1. The van der Waals surface area contributed by atoms with Gasteiger partial charge in [0.15, 0.2) is 0 Å². The summed E-state index contributed by atoms with van der Waals surface area (Å²) in [5.74, 6) is 2.40. The third-order valence-electron chi connectivity index (χ3n) is 6.55. The monoisotopic (exact) mass is 350 g/mol. The first-order valence-corrected chi connectivity index (χ1v) is 10.6. The van der Waals surface area contributed by atoms with E-state index in [1.54, 1.807) is 13.0 Å². The Hall–Kier alpha value is -0.830. The van der Waals surface area contributed by atoms with Gasteiger partial charge in [-0.3, -0.25) is 0 Å². The fraction of sp³-hybridized carbons (Fsp3) is 0.864. The van der Waals surface area contributed by atoms with Crippen LogP contribution < -0.4 is 0 Å². The molecule has 0 aromatic carbocycles. The Morgan fingerprint density at radius 2 is 1.60 bits per heavy atom. The van der Waals surface area contributed by atoms with Crippen molar-refractivity contribution in [1.29, 1.82) is 0 Å². The average molecular weight is 351 g/mol. The number of hydrogen-bond donors (Lipinski definition) is 1. The Balaban J connectivity index is 1.66. The second kappa shape index (κ2) is 11.0. The van der Waals surface area contributed by atoms with Crippen molar-refractivity contribution in [3.63, 3.8) is 0 Å². The number of ether oxygens (including phenoxy) is 1. The Labute approximate surface area is 154 Å². The first-order valence-electron chi connectivity index (χ1n) is 10.6. The van der Waals surface area contributed by atoms with Gasteiger partial charge in [-0.1, -0.05) is 51.5 Å². The van der Waals surface area contributed by atoms with Crippen molar-refractivity contribution >= 4 is 5.97 Å². The molecule has 0 atom stereocenters.